The summed E-state index contributed by atoms with van der Waals surface area (Å²) >= 11 is 6.06. The maximum absolute atomic E-state index is 10.5. The summed E-state index contributed by atoms with van der Waals surface area (Å²) in [5.41, 5.74) is 2.21. The van der Waals surface area contributed by atoms with E-state index in [0.717, 1.165) is 41.7 Å². The second-order valence-electron chi connectivity index (χ2n) is 7.31. The molecule has 27 heavy (non-hydrogen) atoms. The van der Waals surface area contributed by atoms with Crippen LogP contribution >= 0.6 is 11.6 Å². The van der Waals surface area contributed by atoms with Gasteiger partial charge in [0.15, 0.2) is 5.82 Å². The highest BCUT2D eigenvalue weighted by Gasteiger charge is 2.20. The molecule has 3 aromatic rings. The Bertz CT molecular complexity index is 968. The highest BCUT2D eigenvalue weighted by atomic mass is 35.5. The largest absolute Gasteiger partial charge is 0.507 e. The molecule has 0 amide bonds. The maximum atomic E-state index is 10.5. The summed E-state index contributed by atoms with van der Waals surface area (Å²) in [5, 5.41) is 25.5. The first-order valence-corrected chi connectivity index (χ1v) is 9.60. The Morgan fingerprint density at radius 2 is 1.96 bits per heavy atom. The fourth-order valence-corrected chi connectivity index (χ4v) is 4.17. The second kappa shape index (κ2) is 7.33. The molecule has 4 rings (SSSR count). The van der Waals surface area contributed by atoms with Crippen LogP contribution in [0.15, 0.2) is 36.4 Å². The van der Waals surface area contributed by atoms with Crippen molar-refractivity contribution in [2.24, 2.45) is 0 Å². The molecule has 5 nitrogen and oxygen atoms in total. The lowest BCUT2D eigenvalue weighted by molar-refractivity contribution is 0.261. The van der Waals surface area contributed by atoms with E-state index in [0.29, 0.717) is 22.3 Å². The molecule has 2 aromatic carbocycles. The predicted molar refractivity (Wildman–Crippen MR) is 111 cm³/mol. The monoisotopic (exact) mass is 382 g/mol. The minimum Gasteiger partial charge on any atom is -0.507 e. The number of likely N-dealkylation sites (N-methyl/N-ethyl adjacent to an activating group) is 1. The van der Waals surface area contributed by atoms with E-state index in [-0.39, 0.29) is 5.75 Å². The van der Waals surface area contributed by atoms with Gasteiger partial charge in [-0.25, -0.2) is 0 Å². The van der Waals surface area contributed by atoms with Gasteiger partial charge in [0.05, 0.1) is 0 Å². The van der Waals surface area contributed by atoms with Gasteiger partial charge in [0.25, 0.3) is 0 Å². The van der Waals surface area contributed by atoms with Gasteiger partial charge in [-0.15, -0.1) is 10.2 Å². The molecular formula is C21H23ClN4O. The number of hydrogen-bond donors (Lipinski definition) is 2. The van der Waals surface area contributed by atoms with Gasteiger partial charge in [-0.3, -0.25) is 0 Å². The Hall–Kier alpha value is -2.37. The number of phenols is 1. The van der Waals surface area contributed by atoms with Crippen molar-refractivity contribution in [3.05, 3.63) is 47.0 Å². The summed E-state index contributed by atoms with van der Waals surface area (Å²) in [5.74, 6) is 0.912. The summed E-state index contributed by atoms with van der Waals surface area (Å²) in [4.78, 5) is 2.33. The number of rotatable bonds is 3. The SMILES string of the molecule is Cc1cc(Cl)cc(O)c1-c1nnc(N[C@@H]2CCCN(C)C2)c2ccccc12. The molecule has 1 saturated heterocycles. The van der Waals surface area contributed by atoms with E-state index in [1.165, 1.54) is 6.42 Å². The van der Waals surface area contributed by atoms with Crippen molar-refractivity contribution in [3.63, 3.8) is 0 Å². The molecule has 2 heterocycles. The van der Waals surface area contributed by atoms with Gasteiger partial charge in [0, 0.05) is 33.9 Å². The predicted octanol–water partition coefficient (Wildman–Crippen LogP) is 4.47. The number of hydrogen-bond acceptors (Lipinski definition) is 5. The number of halogens is 1. The summed E-state index contributed by atoms with van der Waals surface area (Å²) < 4.78 is 0. The van der Waals surface area contributed by atoms with Crippen molar-refractivity contribution in [1.82, 2.24) is 15.1 Å². The lowest BCUT2D eigenvalue weighted by Crippen LogP contribution is -2.40. The number of fused-ring (bicyclic) bond motifs is 1. The fraction of sp³-hybridized carbons (Fsp3) is 0.333. The van der Waals surface area contributed by atoms with Crippen LogP contribution in [0.3, 0.4) is 0 Å². The lowest BCUT2D eigenvalue weighted by atomic mass is 9.99. The number of phenolic OH excluding ortho intramolecular Hbond substituents is 1. The van der Waals surface area contributed by atoms with Gasteiger partial charge in [0.1, 0.15) is 11.4 Å². The van der Waals surface area contributed by atoms with Crippen molar-refractivity contribution in [1.29, 1.82) is 0 Å². The first-order chi connectivity index (χ1) is 13.0. The van der Waals surface area contributed by atoms with Gasteiger partial charge in [0.2, 0.25) is 0 Å². The second-order valence-corrected chi connectivity index (χ2v) is 7.74. The van der Waals surface area contributed by atoms with Crippen molar-refractivity contribution in [2.45, 2.75) is 25.8 Å². The first-order valence-electron chi connectivity index (χ1n) is 9.23. The molecule has 1 atom stereocenters. The minimum atomic E-state index is 0.120. The first kappa shape index (κ1) is 18.0. The topological polar surface area (TPSA) is 61.3 Å². The molecule has 6 heteroatoms. The summed E-state index contributed by atoms with van der Waals surface area (Å²) in [6, 6.07) is 11.8. The number of aromatic nitrogens is 2. The molecule has 1 fully saturated rings. The van der Waals surface area contributed by atoms with Crippen LogP contribution in [-0.2, 0) is 0 Å². The van der Waals surface area contributed by atoms with E-state index >= 15 is 0 Å². The number of aromatic hydroxyl groups is 1. The molecule has 0 spiro atoms. The maximum Gasteiger partial charge on any atom is 0.156 e. The molecule has 0 bridgehead atoms. The normalized spacial score (nSPS) is 18.0. The molecule has 0 aliphatic carbocycles. The molecule has 0 radical (unpaired) electrons. The van der Waals surface area contributed by atoms with Crippen molar-refractivity contribution in [3.8, 4) is 17.0 Å². The average Bonchev–Trinajstić information content (AvgIpc) is 2.62. The van der Waals surface area contributed by atoms with Crippen LogP contribution in [0, 0.1) is 6.92 Å². The molecule has 0 saturated carbocycles. The minimum absolute atomic E-state index is 0.120. The summed E-state index contributed by atoms with van der Waals surface area (Å²) in [6.45, 7) is 4.05. The van der Waals surface area contributed by atoms with Gasteiger partial charge in [-0.05, 0) is 51.1 Å². The van der Waals surface area contributed by atoms with Crippen LogP contribution in [0.4, 0.5) is 5.82 Å². The average molecular weight is 383 g/mol. The molecule has 1 aliphatic rings. The van der Waals surface area contributed by atoms with Gasteiger partial charge < -0.3 is 15.3 Å². The third-order valence-electron chi connectivity index (χ3n) is 5.17. The molecular weight excluding hydrogens is 360 g/mol. The van der Waals surface area contributed by atoms with E-state index in [1.807, 2.05) is 37.3 Å². The Kier molecular flexibility index (Phi) is 4.89. The van der Waals surface area contributed by atoms with Crippen molar-refractivity contribution in [2.75, 3.05) is 25.5 Å². The number of anilines is 1. The number of piperidine rings is 1. The summed E-state index contributed by atoms with van der Waals surface area (Å²) in [6.07, 6.45) is 2.30. The zero-order valence-electron chi connectivity index (χ0n) is 15.5. The van der Waals surface area contributed by atoms with Crippen molar-refractivity contribution < 1.29 is 5.11 Å². The zero-order valence-corrected chi connectivity index (χ0v) is 16.3. The van der Waals surface area contributed by atoms with E-state index < -0.39 is 0 Å². The number of nitrogens with one attached hydrogen (secondary N) is 1. The number of benzene rings is 2. The third-order valence-corrected chi connectivity index (χ3v) is 5.39. The van der Waals surface area contributed by atoms with Gasteiger partial charge in [-0.1, -0.05) is 35.9 Å². The number of aryl methyl sites for hydroxylation is 1. The van der Waals surface area contributed by atoms with E-state index in [1.54, 1.807) is 6.07 Å². The van der Waals surface area contributed by atoms with Crippen LogP contribution in [0.1, 0.15) is 18.4 Å². The Morgan fingerprint density at radius 3 is 2.70 bits per heavy atom. The zero-order chi connectivity index (χ0) is 19.0. The lowest BCUT2D eigenvalue weighted by Gasteiger charge is -2.30. The van der Waals surface area contributed by atoms with Crippen LogP contribution in [0.2, 0.25) is 5.02 Å². The van der Waals surface area contributed by atoms with Crippen LogP contribution in [0.25, 0.3) is 22.0 Å². The van der Waals surface area contributed by atoms with Crippen molar-refractivity contribution >= 4 is 28.2 Å². The van der Waals surface area contributed by atoms with E-state index in [4.69, 9.17) is 11.6 Å². The fourth-order valence-electron chi connectivity index (χ4n) is 3.91. The number of likely N-dealkylation sites (tertiary alicyclic amines) is 1. The standard InChI is InChI=1S/C21H23ClN4O/c1-13-10-14(22)11-18(27)19(13)20-16-7-3-4-8-17(16)21(25-24-20)23-15-6-5-9-26(2)12-15/h3-4,7-8,10-11,15,27H,5-6,9,12H2,1-2H3,(H,23,25)/t15-/m1/s1. The Labute approximate surface area is 164 Å². The Balaban J connectivity index is 1.79. The van der Waals surface area contributed by atoms with Gasteiger partial charge in [-0.2, -0.15) is 0 Å². The molecule has 2 N–H and O–H groups in total. The van der Waals surface area contributed by atoms with Crippen LogP contribution in [0.5, 0.6) is 5.75 Å². The van der Waals surface area contributed by atoms with Crippen LogP contribution in [-0.4, -0.2) is 46.4 Å². The summed E-state index contributed by atoms with van der Waals surface area (Å²) in [7, 11) is 2.15. The Morgan fingerprint density at radius 1 is 1.19 bits per heavy atom. The molecule has 1 aliphatic heterocycles. The quantitative estimate of drug-likeness (QED) is 0.699. The molecule has 140 valence electrons. The third kappa shape index (κ3) is 3.57. The number of nitrogens with zero attached hydrogens (tertiary/aromatic N) is 3. The van der Waals surface area contributed by atoms with Crippen LogP contribution < -0.4 is 5.32 Å². The van der Waals surface area contributed by atoms with Gasteiger partial charge >= 0.3 is 0 Å². The molecule has 0 unspecified atom stereocenters. The highest BCUT2D eigenvalue weighted by Crippen LogP contribution is 2.38. The molecule has 1 aromatic heterocycles. The smallest absolute Gasteiger partial charge is 0.156 e. The van der Waals surface area contributed by atoms with E-state index in [9.17, 15) is 5.11 Å². The van der Waals surface area contributed by atoms with E-state index in [2.05, 4.69) is 27.5 Å². The highest BCUT2D eigenvalue weighted by molar-refractivity contribution is 6.31.